The maximum absolute atomic E-state index is 13.8. The van der Waals surface area contributed by atoms with Gasteiger partial charge in [-0.15, -0.1) is 0 Å². The van der Waals surface area contributed by atoms with Crippen LogP contribution in [-0.2, 0) is 23.9 Å². The summed E-state index contributed by atoms with van der Waals surface area (Å²) in [5, 5.41) is 23.0. The van der Waals surface area contributed by atoms with Gasteiger partial charge in [0.25, 0.3) is 0 Å². The van der Waals surface area contributed by atoms with Crippen molar-refractivity contribution in [1.82, 2.24) is 0 Å². The Hall–Kier alpha value is -1.93. The van der Waals surface area contributed by atoms with Gasteiger partial charge in [0.05, 0.1) is 17.1 Å². The number of aliphatic hydroxyl groups is 2. The molecule has 2 unspecified atom stereocenters. The van der Waals surface area contributed by atoms with Gasteiger partial charge < -0.3 is 19.7 Å². The van der Waals surface area contributed by atoms with Gasteiger partial charge in [-0.3, -0.25) is 14.4 Å². The van der Waals surface area contributed by atoms with Crippen molar-refractivity contribution in [2.24, 2.45) is 22.7 Å². The molecule has 2 N–H and O–H groups in total. The molecule has 0 aromatic rings. The molecular weight excluding hydrogens is 436 g/mol. The van der Waals surface area contributed by atoms with Crippen molar-refractivity contribution in [2.75, 3.05) is 0 Å². The van der Waals surface area contributed by atoms with Crippen LogP contribution < -0.4 is 0 Å². The van der Waals surface area contributed by atoms with E-state index in [1.54, 1.807) is 20.8 Å². The normalized spacial score (nSPS) is 49.7. The van der Waals surface area contributed by atoms with E-state index < -0.39 is 45.9 Å². The molecule has 2 aliphatic heterocycles. The minimum absolute atomic E-state index is 0.104. The van der Waals surface area contributed by atoms with E-state index in [4.69, 9.17) is 9.47 Å². The van der Waals surface area contributed by atoms with Crippen LogP contribution in [0.15, 0.2) is 34.9 Å². The number of ether oxygens (including phenoxy) is 2. The number of aliphatic hydroxyl groups excluding tert-OH is 2. The number of ketones is 3. The molecule has 0 aromatic carbocycles. The highest BCUT2D eigenvalue weighted by atomic mass is 16.7. The molecule has 0 radical (unpaired) electrons. The van der Waals surface area contributed by atoms with Gasteiger partial charge in [-0.05, 0) is 63.5 Å². The molecule has 8 atom stereocenters. The predicted octanol–water partition coefficient (Wildman–Crippen LogP) is 2.59. The Kier molecular flexibility index (Phi) is 4.64. The Bertz CT molecular complexity index is 1130. The molecule has 5 aliphatic rings. The topological polar surface area (TPSA) is 110 Å². The standard InChI is InChI=1S/C27H34O7/c1-13-22(32)27(33-23(13,3)4)14(2)21(31)25(6)20(30)12-16-17(26(25,7)34-27)11-19(29)18-10-15(28)8-9-24(16,18)5/h10-14,21-22,31-32H,8-9H2,1-7H3/t13-,14-,21?,22+,24?,25+,26-,27-/m0/s1. The molecule has 184 valence electrons. The molecule has 0 aromatic heterocycles. The van der Waals surface area contributed by atoms with E-state index in [-0.39, 0.29) is 29.7 Å². The third-order valence-corrected chi connectivity index (χ3v) is 9.96. The Morgan fingerprint density at radius 2 is 1.47 bits per heavy atom. The SMILES string of the molecule is C[C@H]1[C@@H](O)[C@@]2(OC1(C)C)O[C@@]1(C)C3=CC(=O)C4=CC(=O)CCC4(C)C3=CC(=O)[C@]1(C)C(O)[C@@H]2C. The number of carbonyl (C=O) groups is 3. The van der Waals surface area contributed by atoms with Crippen LogP contribution in [0.4, 0.5) is 0 Å². The quantitative estimate of drug-likeness (QED) is 0.560. The number of rotatable bonds is 0. The molecule has 34 heavy (non-hydrogen) atoms. The van der Waals surface area contributed by atoms with Crippen molar-refractivity contribution in [3.63, 3.8) is 0 Å². The number of carbonyl (C=O) groups excluding carboxylic acids is 3. The summed E-state index contributed by atoms with van der Waals surface area (Å²) in [5.74, 6) is -3.30. The van der Waals surface area contributed by atoms with Crippen LogP contribution in [0, 0.1) is 22.7 Å². The fourth-order valence-corrected chi connectivity index (χ4v) is 6.99. The maximum Gasteiger partial charge on any atom is 0.201 e. The Labute approximate surface area is 199 Å². The largest absolute Gasteiger partial charge is 0.391 e. The van der Waals surface area contributed by atoms with Crippen molar-refractivity contribution >= 4 is 17.3 Å². The van der Waals surface area contributed by atoms with E-state index in [1.807, 2.05) is 27.7 Å². The molecule has 2 heterocycles. The van der Waals surface area contributed by atoms with Crippen LogP contribution in [0.2, 0.25) is 0 Å². The Morgan fingerprint density at radius 3 is 2.06 bits per heavy atom. The van der Waals surface area contributed by atoms with E-state index in [0.29, 0.717) is 23.1 Å². The van der Waals surface area contributed by atoms with E-state index in [0.717, 1.165) is 0 Å². The second-order valence-corrected chi connectivity index (χ2v) is 11.9. The fraction of sp³-hybridized carbons (Fsp3) is 0.667. The highest BCUT2D eigenvalue weighted by Crippen LogP contribution is 2.65. The lowest BCUT2D eigenvalue weighted by atomic mass is 9.49. The van der Waals surface area contributed by atoms with Crippen LogP contribution in [0.3, 0.4) is 0 Å². The molecule has 2 fully saturated rings. The molecule has 5 rings (SSSR count). The lowest BCUT2D eigenvalue weighted by Gasteiger charge is -2.63. The van der Waals surface area contributed by atoms with Gasteiger partial charge in [0.15, 0.2) is 17.3 Å². The van der Waals surface area contributed by atoms with E-state index in [2.05, 4.69) is 0 Å². The van der Waals surface area contributed by atoms with Crippen molar-refractivity contribution in [3.05, 3.63) is 34.9 Å². The molecular formula is C27H34O7. The first-order chi connectivity index (χ1) is 15.6. The lowest BCUT2D eigenvalue weighted by Crippen LogP contribution is -2.74. The lowest BCUT2D eigenvalue weighted by molar-refractivity contribution is -0.386. The minimum atomic E-state index is -1.57. The average molecular weight is 471 g/mol. The van der Waals surface area contributed by atoms with Crippen molar-refractivity contribution in [2.45, 2.75) is 90.5 Å². The third-order valence-electron chi connectivity index (χ3n) is 9.96. The Balaban J connectivity index is 1.75. The zero-order valence-electron chi connectivity index (χ0n) is 20.9. The van der Waals surface area contributed by atoms with Crippen LogP contribution in [0.1, 0.15) is 61.3 Å². The van der Waals surface area contributed by atoms with Crippen LogP contribution in [0.25, 0.3) is 0 Å². The van der Waals surface area contributed by atoms with Gasteiger partial charge in [-0.25, -0.2) is 0 Å². The highest BCUT2D eigenvalue weighted by molar-refractivity contribution is 6.14. The van der Waals surface area contributed by atoms with Crippen molar-refractivity contribution < 1.29 is 34.1 Å². The van der Waals surface area contributed by atoms with Crippen LogP contribution in [-0.4, -0.2) is 56.8 Å². The third kappa shape index (κ3) is 2.49. The monoisotopic (exact) mass is 470 g/mol. The van der Waals surface area contributed by atoms with Gasteiger partial charge >= 0.3 is 0 Å². The number of fused-ring (bicyclic) bond motifs is 5. The summed E-state index contributed by atoms with van der Waals surface area (Å²) < 4.78 is 13.2. The van der Waals surface area contributed by atoms with E-state index in [9.17, 15) is 24.6 Å². The van der Waals surface area contributed by atoms with E-state index in [1.165, 1.54) is 18.2 Å². The summed E-state index contributed by atoms with van der Waals surface area (Å²) in [7, 11) is 0. The van der Waals surface area contributed by atoms with Crippen molar-refractivity contribution in [3.8, 4) is 0 Å². The average Bonchev–Trinajstić information content (AvgIpc) is 2.93. The molecule has 0 bridgehead atoms. The molecule has 0 amide bonds. The summed E-state index contributed by atoms with van der Waals surface area (Å²) in [6.07, 6.45) is 2.78. The predicted molar refractivity (Wildman–Crippen MR) is 122 cm³/mol. The van der Waals surface area contributed by atoms with Crippen LogP contribution >= 0.6 is 0 Å². The van der Waals surface area contributed by atoms with Gasteiger partial charge in [-0.1, -0.05) is 20.8 Å². The van der Waals surface area contributed by atoms with Gasteiger partial charge in [-0.2, -0.15) is 0 Å². The Morgan fingerprint density at radius 1 is 0.824 bits per heavy atom. The first-order valence-electron chi connectivity index (χ1n) is 12.1. The molecule has 2 saturated heterocycles. The first-order valence-corrected chi connectivity index (χ1v) is 12.1. The second kappa shape index (κ2) is 6.64. The van der Waals surface area contributed by atoms with Gasteiger partial charge in [0.2, 0.25) is 5.79 Å². The van der Waals surface area contributed by atoms with Crippen molar-refractivity contribution in [1.29, 1.82) is 0 Å². The maximum atomic E-state index is 13.8. The molecule has 3 aliphatic carbocycles. The number of hydrogen-bond acceptors (Lipinski definition) is 7. The fourth-order valence-electron chi connectivity index (χ4n) is 6.99. The van der Waals surface area contributed by atoms with Gasteiger partial charge in [0.1, 0.15) is 11.7 Å². The summed E-state index contributed by atoms with van der Waals surface area (Å²) in [6, 6.07) is 0. The van der Waals surface area contributed by atoms with Gasteiger partial charge in [0, 0.05) is 29.2 Å². The minimum Gasteiger partial charge on any atom is -0.391 e. The summed E-state index contributed by atoms with van der Waals surface area (Å²) in [5.41, 5.74) is -2.90. The summed E-state index contributed by atoms with van der Waals surface area (Å²) in [6.45, 7) is 12.6. The zero-order chi connectivity index (χ0) is 25.2. The first kappa shape index (κ1) is 23.8. The molecule has 7 nitrogen and oxygen atoms in total. The summed E-state index contributed by atoms with van der Waals surface area (Å²) in [4.78, 5) is 39.2. The molecule has 7 heteroatoms. The zero-order valence-corrected chi connectivity index (χ0v) is 20.9. The number of allylic oxidation sites excluding steroid dienone is 4. The summed E-state index contributed by atoms with van der Waals surface area (Å²) >= 11 is 0. The molecule has 0 saturated carbocycles. The second-order valence-electron chi connectivity index (χ2n) is 11.9. The number of hydrogen-bond donors (Lipinski definition) is 2. The molecule has 1 spiro atoms. The van der Waals surface area contributed by atoms with Crippen LogP contribution in [0.5, 0.6) is 0 Å². The van der Waals surface area contributed by atoms with E-state index >= 15 is 0 Å². The smallest absolute Gasteiger partial charge is 0.201 e. The highest BCUT2D eigenvalue weighted by Gasteiger charge is 2.75.